The molecule has 0 radical (unpaired) electrons. The topological polar surface area (TPSA) is 76.0 Å². The van der Waals surface area contributed by atoms with Gasteiger partial charge >= 0.3 is 0 Å². The highest BCUT2D eigenvalue weighted by Crippen LogP contribution is 2.41. The summed E-state index contributed by atoms with van der Waals surface area (Å²) in [7, 11) is 0. The molecule has 1 aliphatic carbocycles. The van der Waals surface area contributed by atoms with Crippen LogP contribution in [-0.2, 0) is 14.3 Å². The van der Waals surface area contributed by atoms with Crippen LogP contribution in [0.3, 0.4) is 0 Å². The molecule has 0 aromatic heterocycles. The molecule has 0 aromatic carbocycles. The molecule has 5 nitrogen and oxygen atoms in total. The van der Waals surface area contributed by atoms with Gasteiger partial charge in [0, 0.05) is 12.8 Å². The summed E-state index contributed by atoms with van der Waals surface area (Å²) in [5.41, 5.74) is 0. The second-order valence-electron chi connectivity index (χ2n) is 5.00. The van der Waals surface area contributed by atoms with Crippen molar-refractivity contribution in [3.63, 3.8) is 0 Å². The quantitative estimate of drug-likeness (QED) is 0.702. The molecule has 1 saturated heterocycles. The van der Waals surface area contributed by atoms with Gasteiger partial charge in [-0.25, -0.2) is 0 Å². The van der Waals surface area contributed by atoms with Gasteiger partial charge in [0.15, 0.2) is 12.1 Å². The summed E-state index contributed by atoms with van der Waals surface area (Å²) in [4.78, 5) is 11.0. The van der Waals surface area contributed by atoms with Crippen LogP contribution in [0.1, 0.15) is 39.0 Å². The Morgan fingerprint density at radius 2 is 1.88 bits per heavy atom. The van der Waals surface area contributed by atoms with Crippen molar-refractivity contribution in [3.05, 3.63) is 0 Å². The van der Waals surface area contributed by atoms with Gasteiger partial charge in [0.1, 0.15) is 18.3 Å². The van der Waals surface area contributed by atoms with Gasteiger partial charge in [0.25, 0.3) is 0 Å². The van der Waals surface area contributed by atoms with Crippen molar-refractivity contribution < 1.29 is 24.5 Å². The van der Waals surface area contributed by atoms with E-state index in [9.17, 15) is 15.0 Å². The minimum absolute atomic E-state index is 0.652. The lowest BCUT2D eigenvalue weighted by Crippen LogP contribution is -2.43. The van der Waals surface area contributed by atoms with E-state index < -0.39 is 30.2 Å². The molecular formula is C12H20O5. The normalized spacial score (nSPS) is 35.7. The summed E-state index contributed by atoms with van der Waals surface area (Å²) in [5, 5.41) is 19.2. The largest absolute Gasteiger partial charge is 0.391 e. The highest BCUT2D eigenvalue weighted by atomic mass is 16.8. The maximum absolute atomic E-state index is 11.0. The molecule has 2 aliphatic rings. The van der Waals surface area contributed by atoms with Crippen LogP contribution >= 0.6 is 0 Å². The molecule has 2 fully saturated rings. The molecule has 0 amide bonds. The molecule has 2 rings (SSSR count). The van der Waals surface area contributed by atoms with Crippen LogP contribution in [0, 0.1) is 0 Å². The Kier molecular flexibility index (Phi) is 3.82. The first kappa shape index (κ1) is 13.0. The third-order valence-corrected chi connectivity index (χ3v) is 3.61. The van der Waals surface area contributed by atoms with E-state index in [4.69, 9.17) is 9.47 Å². The number of aldehydes is 1. The summed E-state index contributed by atoms with van der Waals surface area (Å²) in [6.07, 6.45) is 1.73. The third-order valence-electron chi connectivity index (χ3n) is 3.61. The first-order valence-electron chi connectivity index (χ1n) is 6.25. The summed E-state index contributed by atoms with van der Waals surface area (Å²) in [5.74, 6) is -0.718. The number of ether oxygens (including phenoxy) is 2. The van der Waals surface area contributed by atoms with Crippen LogP contribution in [0.4, 0.5) is 0 Å². The van der Waals surface area contributed by atoms with Crippen molar-refractivity contribution >= 4 is 6.29 Å². The summed E-state index contributed by atoms with van der Waals surface area (Å²) >= 11 is 0. The van der Waals surface area contributed by atoms with E-state index in [2.05, 4.69) is 0 Å². The van der Waals surface area contributed by atoms with Crippen molar-refractivity contribution in [2.24, 2.45) is 0 Å². The Labute approximate surface area is 101 Å². The highest BCUT2D eigenvalue weighted by Gasteiger charge is 2.51. The lowest BCUT2D eigenvalue weighted by molar-refractivity contribution is -0.203. The number of rotatable bonds is 3. The van der Waals surface area contributed by atoms with Gasteiger partial charge in [0.2, 0.25) is 0 Å². The minimum Gasteiger partial charge on any atom is -0.391 e. The summed E-state index contributed by atoms with van der Waals surface area (Å²) < 4.78 is 11.4. The van der Waals surface area contributed by atoms with Gasteiger partial charge in [-0.15, -0.1) is 0 Å². The zero-order chi connectivity index (χ0) is 12.5. The molecule has 5 heteroatoms. The van der Waals surface area contributed by atoms with Gasteiger partial charge in [-0.3, -0.25) is 0 Å². The molecule has 2 N–H and O–H groups in total. The molecule has 1 aliphatic heterocycles. The zero-order valence-electron chi connectivity index (χ0n) is 10.0. The standard InChI is InChI=1S/C12H20O5/c1-8(14)10(15)11-9(7-13)16-12(17-11)5-3-2-4-6-12/h7-11,14-15H,2-6H2,1H3/t8-,9-,10-,11-/m0/s1. The van der Waals surface area contributed by atoms with Gasteiger partial charge in [-0.1, -0.05) is 6.42 Å². The van der Waals surface area contributed by atoms with E-state index in [1.54, 1.807) is 0 Å². The minimum atomic E-state index is -1.09. The van der Waals surface area contributed by atoms with E-state index in [0.717, 1.165) is 32.1 Å². The number of hydrogen-bond acceptors (Lipinski definition) is 5. The third kappa shape index (κ3) is 2.52. The highest BCUT2D eigenvalue weighted by molar-refractivity contribution is 5.58. The first-order valence-corrected chi connectivity index (χ1v) is 6.25. The zero-order valence-corrected chi connectivity index (χ0v) is 10.0. The molecule has 1 spiro atoms. The number of carbonyl (C=O) groups excluding carboxylic acids is 1. The molecule has 1 saturated carbocycles. The molecular weight excluding hydrogens is 224 g/mol. The Balaban J connectivity index is 2.09. The maximum Gasteiger partial charge on any atom is 0.170 e. The molecule has 17 heavy (non-hydrogen) atoms. The van der Waals surface area contributed by atoms with Crippen molar-refractivity contribution in [2.45, 2.75) is 69.2 Å². The Morgan fingerprint density at radius 3 is 2.41 bits per heavy atom. The van der Waals surface area contributed by atoms with Crippen LogP contribution in [0.2, 0.25) is 0 Å². The Hall–Kier alpha value is -0.490. The lowest BCUT2D eigenvalue weighted by atomic mass is 9.94. The smallest absolute Gasteiger partial charge is 0.170 e. The average Bonchev–Trinajstić information content (AvgIpc) is 2.67. The van der Waals surface area contributed by atoms with Crippen LogP contribution in [0.25, 0.3) is 0 Å². The van der Waals surface area contributed by atoms with Gasteiger partial charge in [0.05, 0.1) is 6.10 Å². The molecule has 1 heterocycles. The number of carbonyl (C=O) groups is 1. The van der Waals surface area contributed by atoms with E-state index in [-0.39, 0.29) is 0 Å². The van der Waals surface area contributed by atoms with Crippen LogP contribution in [-0.4, -0.2) is 46.7 Å². The molecule has 98 valence electrons. The average molecular weight is 244 g/mol. The second kappa shape index (κ2) is 5.02. The second-order valence-corrected chi connectivity index (χ2v) is 5.00. The fourth-order valence-corrected chi connectivity index (χ4v) is 2.63. The SMILES string of the molecule is C[C@H](O)[C@H](O)[C@H]1OC2(CCCCC2)O[C@H]1C=O. The predicted molar refractivity (Wildman–Crippen MR) is 59.3 cm³/mol. The van der Waals surface area contributed by atoms with Crippen LogP contribution in [0.5, 0.6) is 0 Å². The van der Waals surface area contributed by atoms with Crippen LogP contribution in [0.15, 0.2) is 0 Å². The summed E-state index contributed by atoms with van der Waals surface area (Å²) in [6, 6.07) is 0. The number of aliphatic hydroxyl groups is 2. The van der Waals surface area contributed by atoms with Crippen LogP contribution < -0.4 is 0 Å². The fourth-order valence-electron chi connectivity index (χ4n) is 2.63. The van der Waals surface area contributed by atoms with E-state index in [0.29, 0.717) is 6.29 Å². The fraction of sp³-hybridized carbons (Fsp3) is 0.917. The lowest BCUT2D eigenvalue weighted by Gasteiger charge is -2.32. The first-order chi connectivity index (χ1) is 8.08. The molecule has 0 unspecified atom stereocenters. The van der Waals surface area contributed by atoms with Gasteiger partial charge in [-0.05, 0) is 19.8 Å². The van der Waals surface area contributed by atoms with Gasteiger partial charge < -0.3 is 24.5 Å². The number of hydrogen-bond donors (Lipinski definition) is 2. The van der Waals surface area contributed by atoms with Crippen molar-refractivity contribution in [2.75, 3.05) is 0 Å². The molecule has 4 atom stereocenters. The maximum atomic E-state index is 11.0. The van der Waals surface area contributed by atoms with E-state index in [1.165, 1.54) is 6.92 Å². The Bertz CT molecular complexity index is 272. The van der Waals surface area contributed by atoms with Crippen molar-refractivity contribution in [1.29, 1.82) is 0 Å². The monoisotopic (exact) mass is 244 g/mol. The van der Waals surface area contributed by atoms with E-state index >= 15 is 0 Å². The van der Waals surface area contributed by atoms with Gasteiger partial charge in [-0.2, -0.15) is 0 Å². The predicted octanol–water partition coefficient (Wildman–Crippen LogP) is 0.371. The summed E-state index contributed by atoms with van der Waals surface area (Å²) in [6.45, 7) is 1.47. The Morgan fingerprint density at radius 1 is 1.24 bits per heavy atom. The van der Waals surface area contributed by atoms with Crippen molar-refractivity contribution in [1.82, 2.24) is 0 Å². The number of aliphatic hydroxyl groups excluding tert-OH is 2. The molecule has 0 bridgehead atoms. The molecule has 0 aromatic rings. The van der Waals surface area contributed by atoms with E-state index in [1.807, 2.05) is 0 Å². The van der Waals surface area contributed by atoms with Crippen molar-refractivity contribution in [3.8, 4) is 0 Å².